The second kappa shape index (κ2) is 7.17. The quantitative estimate of drug-likeness (QED) is 0.834. The lowest BCUT2D eigenvalue weighted by Gasteiger charge is -2.03. The molecule has 0 aliphatic rings. The molecule has 2 aromatic heterocycles. The Morgan fingerprint density at radius 1 is 1.20 bits per heavy atom. The molecule has 0 aliphatic heterocycles. The van der Waals surface area contributed by atoms with E-state index in [4.69, 9.17) is 11.6 Å². The van der Waals surface area contributed by atoms with Crippen molar-refractivity contribution in [3.05, 3.63) is 51.4 Å². The van der Waals surface area contributed by atoms with Crippen LogP contribution >= 0.6 is 22.9 Å². The number of Topliss-reactive ketones (excluding diaryl/α,β-unsaturated/α-hetero) is 1. The van der Waals surface area contributed by atoms with Gasteiger partial charge in [0.05, 0.1) is 21.5 Å². The number of pyridine rings is 1. The van der Waals surface area contributed by atoms with E-state index >= 15 is 0 Å². The maximum Gasteiger partial charge on any atom is 0.220 e. The third-order valence-electron chi connectivity index (χ3n) is 2.62. The summed E-state index contributed by atoms with van der Waals surface area (Å²) in [5.74, 6) is -0.221. The Bertz CT molecular complexity index is 598. The SMILES string of the molecule is O=C(CCC(=O)c1ccc(Cl)s1)NCc1ccccn1. The number of carbonyl (C=O) groups excluding carboxylic acids is 2. The van der Waals surface area contributed by atoms with Crippen molar-refractivity contribution >= 4 is 34.6 Å². The Kier molecular flexibility index (Phi) is 5.26. The van der Waals surface area contributed by atoms with E-state index in [0.717, 1.165) is 5.69 Å². The Morgan fingerprint density at radius 2 is 2.05 bits per heavy atom. The fraction of sp³-hybridized carbons (Fsp3) is 0.214. The van der Waals surface area contributed by atoms with Crippen LogP contribution in [0.2, 0.25) is 4.34 Å². The number of nitrogens with zero attached hydrogens (tertiary/aromatic N) is 1. The van der Waals surface area contributed by atoms with E-state index in [1.807, 2.05) is 18.2 Å². The van der Waals surface area contributed by atoms with Crippen LogP contribution in [0.5, 0.6) is 0 Å². The Labute approximate surface area is 125 Å². The molecule has 104 valence electrons. The molecule has 6 heteroatoms. The fourth-order valence-corrected chi connectivity index (χ4v) is 2.61. The van der Waals surface area contributed by atoms with Gasteiger partial charge in [-0.3, -0.25) is 14.6 Å². The van der Waals surface area contributed by atoms with Gasteiger partial charge in [0.2, 0.25) is 5.91 Å². The van der Waals surface area contributed by atoms with E-state index < -0.39 is 0 Å². The zero-order chi connectivity index (χ0) is 14.4. The van der Waals surface area contributed by atoms with Crippen LogP contribution in [0.25, 0.3) is 0 Å². The third-order valence-corrected chi connectivity index (χ3v) is 3.89. The second-order valence-electron chi connectivity index (χ2n) is 4.12. The Balaban J connectivity index is 1.74. The lowest BCUT2D eigenvalue weighted by molar-refractivity contribution is -0.121. The zero-order valence-electron chi connectivity index (χ0n) is 10.6. The van der Waals surface area contributed by atoms with E-state index in [1.165, 1.54) is 11.3 Å². The second-order valence-corrected chi connectivity index (χ2v) is 5.84. The number of carbonyl (C=O) groups is 2. The molecule has 0 radical (unpaired) electrons. The summed E-state index contributed by atoms with van der Waals surface area (Å²) < 4.78 is 0.577. The van der Waals surface area contributed by atoms with Crippen molar-refractivity contribution in [2.75, 3.05) is 0 Å². The molecule has 1 N–H and O–H groups in total. The average molecular weight is 309 g/mol. The number of thiophene rings is 1. The van der Waals surface area contributed by atoms with Crippen LogP contribution in [0, 0.1) is 0 Å². The highest BCUT2D eigenvalue weighted by Crippen LogP contribution is 2.22. The van der Waals surface area contributed by atoms with Crippen LogP contribution in [0.15, 0.2) is 36.5 Å². The van der Waals surface area contributed by atoms with Crippen molar-refractivity contribution in [1.82, 2.24) is 10.3 Å². The summed E-state index contributed by atoms with van der Waals surface area (Å²) in [6.45, 7) is 0.374. The lowest BCUT2D eigenvalue weighted by atomic mass is 10.2. The first kappa shape index (κ1) is 14.7. The lowest BCUT2D eigenvalue weighted by Crippen LogP contribution is -2.23. The minimum absolute atomic E-state index is 0.0603. The van der Waals surface area contributed by atoms with E-state index in [2.05, 4.69) is 10.3 Å². The molecule has 2 aromatic rings. The molecule has 0 bridgehead atoms. The van der Waals surface area contributed by atoms with Crippen LogP contribution < -0.4 is 5.32 Å². The smallest absolute Gasteiger partial charge is 0.220 e. The van der Waals surface area contributed by atoms with Gasteiger partial charge in [0.15, 0.2) is 5.78 Å². The van der Waals surface area contributed by atoms with Crippen LogP contribution in [-0.4, -0.2) is 16.7 Å². The normalized spacial score (nSPS) is 10.2. The minimum Gasteiger partial charge on any atom is -0.350 e. The number of aromatic nitrogens is 1. The Hall–Kier alpha value is -1.72. The summed E-state index contributed by atoms with van der Waals surface area (Å²) in [5.41, 5.74) is 0.789. The van der Waals surface area contributed by atoms with Crippen molar-refractivity contribution < 1.29 is 9.59 Å². The maximum absolute atomic E-state index is 11.8. The molecule has 2 heterocycles. The summed E-state index contributed by atoms with van der Waals surface area (Å²) in [6.07, 6.45) is 2.03. The molecule has 0 aliphatic carbocycles. The van der Waals surface area contributed by atoms with Gasteiger partial charge in [-0.15, -0.1) is 11.3 Å². The molecule has 0 atom stereocenters. The van der Waals surface area contributed by atoms with Crippen LogP contribution in [0.4, 0.5) is 0 Å². The number of nitrogens with one attached hydrogen (secondary N) is 1. The van der Waals surface area contributed by atoms with Crippen LogP contribution in [0.1, 0.15) is 28.2 Å². The van der Waals surface area contributed by atoms with Crippen molar-refractivity contribution in [3.63, 3.8) is 0 Å². The van der Waals surface area contributed by atoms with Crippen molar-refractivity contribution in [2.45, 2.75) is 19.4 Å². The van der Waals surface area contributed by atoms with Gasteiger partial charge in [0.1, 0.15) is 0 Å². The molecule has 0 saturated carbocycles. The summed E-state index contributed by atoms with van der Waals surface area (Å²) in [5, 5.41) is 2.73. The Morgan fingerprint density at radius 3 is 2.70 bits per heavy atom. The predicted octanol–water partition coefficient (Wildman–Crippen LogP) is 3.08. The number of rotatable bonds is 6. The first-order chi connectivity index (χ1) is 9.65. The van der Waals surface area contributed by atoms with Gasteiger partial charge in [0.25, 0.3) is 0 Å². The molecule has 20 heavy (non-hydrogen) atoms. The number of ketones is 1. The minimum atomic E-state index is -0.161. The first-order valence-corrected chi connectivity index (χ1v) is 7.30. The number of amides is 1. The molecule has 0 fully saturated rings. The molecule has 0 spiro atoms. The molecule has 4 nitrogen and oxygen atoms in total. The monoisotopic (exact) mass is 308 g/mol. The van der Waals surface area contributed by atoms with Crippen molar-refractivity contribution in [3.8, 4) is 0 Å². The molecular formula is C14H13ClN2O2S. The summed E-state index contributed by atoms with van der Waals surface area (Å²) >= 11 is 7.00. The number of halogens is 1. The average Bonchev–Trinajstić information content (AvgIpc) is 2.90. The molecule has 0 aromatic carbocycles. The van der Waals surface area contributed by atoms with E-state index in [-0.39, 0.29) is 24.5 Å². The zero-order valence-corrected chi connectivity index (χ0v) is 12.2. The summed E-state index contributed by atoms with van der Waals surface area (Å²) in [7, 11) is 0. The van der Waals surface area contributed by atoms with E-state index in [1.54, 1.807) is 18.3 Å². The number of hydrogen-bond donors (Lipinski definition) is 1. The molecule has 2 rings (SSSR count). The van der Waals surface area contributed by atoms with Crippen molar-refractivity contribution in [1.29, 1.82) is 0 Å². The molecule has 1 amide bonds. The van der Waals surface area contributed by atoms with Crippen LogP contribution in [0.3, 0.4) is 0 Å². The molecule has 0 saturated heterocycles. The standard InChI is InChI=1S/C14H13ClN2O2S/c15-13-6-5-12(20-13)11(18)4-7-14(19)17-9-10-3-1-2-8-16-10/h1-3,5-6,8H,4,7,9H2,(H,17,19). The highest BCUT2D eigenvalue weighted by Gasteiger charge is 2.11. The summed E-state index contributed by atoms with van der Waals surface area (Å²) in [6, 6.07) is 8.87. The molecular weight excluding hydrogens is 296 g/mol. The van der Waals surface area contributed by atoms with Gasteiger partial charge in [-0.25, -0.2) is 0 Å². The third kappa shape index (κ3) is 4.43. The van der Waals surface area contributed by atoms with Gasteiger partial charge in [-0.2, -0.15) is 0 Å². The van der Waals surface area contributed by atoms with Gasteiger partial charge >= 0.3 is 0 Å². The van der Waals surface area contributed by atoms with Gasteiger partial charge < -0.3 is 5.32 Å². The maximum atomic E-state index is 11.8. The topological polar surface area (TPSA) is 59.1 Å². The fourth-order valence-electron chi connectivity index (χ4n) is 1.59. The first-order valence-electron chi connectivity index (χ1n) is 6.10. The predicted molar refractivity (Wildman–Crippen MR) is 79.0 cm³/mol. The summed E-state index contributed by atoms with van der Waals surface area (Å²) in [4.78, 5) is 28.1. The van der Waals surface area contributed by atoms with Crippen LogP contribution in [-0.2, 0) is 11.3 Å². The van der Waals surface area contributed by atoms with E-state index in [0.29, 0.717) is 15.8 Å². The van der Waals surface area contributed by atoms with Gasteiger partial charge in [-0.1, -0.05) is 17.7 Å². The highest BCUT2D eigenvalue weighted by atomic mass is 35.5. The molecule has 0 unspecified atom stereocenters. The largest absolute Gasteiger partial charge is 0.350 e. The highest BCUT2D eigenvalue weighted by molar-refractivity contribution is 7.18. The van der Waals surface area contributed by atoms with Gasteiger partial charge in [0, 0.05) is 19.0 Å². The van der Waals surface area contributed by atoms with E-state index in [9.17, 15) is 9.59 Å². The van der Waals surface area contributed by atoms with Gasteiger partial charge in [-0.05, 0) is 24.3 Å². The van der Waals surface area contributed by atoms with Crippen molar-refractivity contribution in [2.24, 2.45) is 0 Å². The number of hydrogen-bond acceptors (Lipinski definition) is 4.